The van der Waals surface area contributed by atoms with Gasteiger partial charge in [-0.2, -0.15) is 0 Å². The lowest BCUT2D eigenvalue weighted by molar-refractivity contribution is -0.384. The molecule has 0 saturated carbocycles. The number of anilines is 1. The van der Waals surface area contributed by atoms with E-state index < -0.39 is 4.92 Å². The third-order valence-corrected chi connectivity index (χ3v) is 3.00. The van der Waals surface area contributed by atoms with Gasteiger partial charge >= 0.3 is 0 Å². The number of benzene rings is 2. The van der Waals surface area contributed by atoms with Crippen LogP contribution in [0.1, 0.15) is 18.1 Å². The van der Waals surface area contributed by atoms with Crippen molar-refractivity contribution >= 4 is 29.4 Å². The number of nitro benzene ring substituents is 1. The molecule has 2 aromatic rings. The van der Waals surface area contributed by atoms with Crippen molar-refractivity contribution in [3.05, 3.63) is 81.9 Å². The largest absolute Gasteiger partial charge is 0.326 e. The molecule has 2 rings (SSSR count). The van der Waals surface area contributed by atoms with E-state index in [0.29, 0.717) is 0 Å². The zero-order valence-corrected chi connectivity index (χ0v) is 12.6. The first-order chi connectivity index (χ1) is 11.0. The maximum Gasteiger partial charge on any atom is 0.270 e. The summed E-state index contributed by atoms with van der Waals surface area (Å²) >= 11 is 0. The molecule has 5 nitrogen and oxygen atoms in total. The highest BCUT2D eigenvalue weighted by Gasteiger charge is 2.03. The lowest BCUT2D eigenvalue weighted by Gasteiger charge is -2.01. The lowest BCUT2D eigenvalue weighted by atomic mass is 10.1. The Balaban J connectivity index is 1.99. The van der Waals surface area contributed by atoms with Gasteiger partial charge in [-0.3, -0.25) is 14.9 Å². The monoisotopic (exact) mass is 308 g/mol. The highest BCUT2D eigenvalue weighted by molar-refractivity contribution is 5.88. The number of allylic oxidation sites excluding steroid dienone is 2. The fourth-order valence-corrected chi connectivity index (χ4v) is 1.96. The van der Waals surface area contributed by atoms with E-state index in [1.807, 2.05) is 42.5 Å². The van der Waals surface area contributed by atoms with Crippen LogP contribution in [0, 0.1) is 10.1 Å². The molecule has 0 saturated heterocycles. The van der Waals surface area contributed by atoms with Crippen LogP contribution < -0.4 is 5.32 Å². The number of nitro groups is 1. The Labute approximate surface area is 134 Å². The van der Waals surface area contributed by atoms with Crippen molar-refractivity contribution in [2.24, 2.45) is 0 Å². The molecule has 0 radical (unpaired) electrons. The third kappa shape index (κ3) is 5.24. The van der Waals surface area contributed by atoms with Crippen molar-refractivity contribution in [1.29, 1.82) is 0 Å². The molecule has 0 fully saturated rings. The summed E-state index contributed by atoms with van der Waals surface area (Å²) in [7, 11) is 0. The van der Waals surface area contributed by atoms with E-state index in [-0.39, 0.29) is 11.6 Å². The van der Waals surface area contributed by atoms with Crippen LogP contribution >= 0.6 is 0 Å². The fourth-order valence-electron chi connectivity index (χ4n) is 1.96. The SMILES string of the molecule is CC(=O)Nc1ccc(/C=C\C=C\c2cccc([N+](=O)[O-])c2)cc1. The molecule has 0 aromatic heterocycles. The van der Waals surface area contributed by atoms with Gasteiger partial charge in [-0.1, -0.05) is 48.6 Å². The van der Waals surface area contributed by atoms with Crippen molar-refractivity contribution < 1.29 is 9.72 Å². The second-order valence-corrected chi connectivity index (χ2v) is 4.87. The molecule has 5 heteroatoms. The van der Waals surface area contributed by atoms with Crippen molar-refractivity contribution in [2.75, 3.05) is 5.32 Å². The number of nitrogens with one attached hydrogen (secondary N) is 1. The molecular formula is C18H16N2O3. The van der Waals surface area contributed by atoms with Crippen molar-refractivity contribution in [3.8, 4) is 0 Å². The molecule has 0 spiro atoms. The molecule has 2 aromatic carbocycles. The zero-order chi connectivity index (χ0) is 16.7. The lowest BCUT2D eigenvalue weighted by Crippen LogP contribution is -2.05. The summed E-state index contributed by atoms with van der Waals surface area (Å²) in [6.45, 7) is 1.46. The fraction of sp³-hybridized carbons (Fsp3) is 0.0556. The number of amides is 1. The number of non-ortho nitro benzene ring substituents is 1. The van der Waals surface area contributed by atoms with Crippen LogP contribution in [-0.4, -0.2) is 10.8 Å². The van der Waals surface area contributed by atoms with Gasteiger partial charge in [-0.25, -0.2) is 0 Å². The average Bonchev–Trinajstić information content (AvgIpc) is 2.53. The molecule has 0 aliphatic heterocycles. The Kier molecular flexibility index (Phi) is 5.41. The zero-order valence-electron chi connectivity index (χ0n) is 12.6. The maximum absolute atomic E-state index is 10.9. The smallest absolute Gasteiger partial charge is 0.270 e. The Morgan fingerprint density at radius 1 is 1.04 bits per heavy atom. The van der Waals surface area contributed by atoms with Gasteiger partial charge in [0.2, 0.25) is 5.91 Å². The van der Waals surface area contributed by atoms with E-state index in [0.717, 1.165) is 16.8 Å². The highest BCUT2D eigenvalue weighted by atomic mass is 16.6. The molecule has 0 heterocycles. The van der Waals surface area contributed by atoms with Gasteiger partial charge in [0, 0.05) is 24.7 Å². The Morgan fingerprint density at radius 2 is 1.70 bits per heavy atom. The number of hydrogen-bond donors (Lipinski definition) is 1. The quantitative estimate of drug-likeness (QED) is 0.509. The maximum atomic E-state index is 10.9. The van der Waals surface area contributed by atoms with Gasteiger partial charge in [-0.05, 0) is 23.3 Å². The summed E-state index contributed by atoms with van der Waals surface area (Å²) in [6, 6.07) is 13.9. The Hall–Kier alpha value is -3.21. The van der Waals surface area contributed by atoms with E-state index >= 15 is 0 Å². The molecule has 0 bridgehead atoms. The average molecular weight is 308 g/mol. The molecule has 1 N–H and O–H groups in total. The minimum absolute atomic E-state index is 0.0738. The number of hydrogen-bond acceptors (Lipinski definition) is 3. The van der Waals surface area contributed by atoms with E-state index in [1.54, 1.807) is 18.2 Å². The van der Waals surface area contributed by atoms with E-state index in [1.165, 1.54) is 19.1 Å². The van der Waals surface area contributed by atoms with Gasteiger partial charge in [0.25, 0.3) is 5.69 Å². The number of rotatable bonds is 5. The van der Waals surface area contributed by atoms with Crippen LogP contribution in [0.2, 0.25) is 0 Å². The molecule has 0 aliphatic rings. The van der Waals surface area contributed by atoms with Crippen molar-refractivity contribution in [1.82, 2.24) is 0 Å². The summed E-state index contributed by atoms with van der Waals surface area (Å²) < 4.78 is 0. The van der Waals surface area contributed by atoms with Crippen LogP contribution in [0.15, 0.2) is 60.7 Å². The second-order valence-electron chi connectivity index (χ2n) is 4.87. The van der Waals surface area contributed by atoms with E-state index in [4.69, 9.17) is 0 Å². The summed E-state index contributed by atoms with van der Waals surface area (Å²) in [5, 5.41) is 13.4. The Morgan fingerprint density at radius 3 is 2.30 bits per heavy atom. The van der Waals surface area contributed by atoms with Crippen LogP contribution in [0.25, 0.3) is 12.2 Å². The van der Waals surface area contributed by atoms with Gasteiger partial charge in [0.1, 0.15) is 0 Å². The highest BCUT2D eigenvalue weighted by Crippen LogP contribution is 2.14. The standard InChI is InChI=1S/C18H16N2O3/c1-14(21)19-17-11-9-15(10-12-17)5-2-3-6-16-7-4-8-18(13-16)20(22)23/h2-13H,1H3,(H,19,21)/b5-2-,6-3+. The molecule has 0 atom stereocenters. The number of nitrogens with zero attached hydrogens (tertiary/aromatic N) is 1. The predicted molar refractivity (Wildman–Crippen MR) is 91.9 cm³/mol. The first-order valence-corrected chi connectivity index (χ1v) is 7.01. The predicted octanol–water partition coefficient (Wildman–Crippen LogP) is 4.28. The Bertz CT molecular complexity index is 762. The molecule has 116 valence electrons. The van der Waals surface area contributed by atoms with Crippen LogP contribution in [0.4, 0.5) is 11.4 Å². The van der Waals surface area contributed by atoms with Crippen LogP contribution in [-0.2, 0) is 4.79 Å². The number of carbonyl (C=O) groups is 1. The summed E-state index contributed by atoms with van der Waals surface area (Å²) in [6.07, 6.45) is 7.38. The van der Waals surface area contributed by atoms with Crippen molar-refractivity contribution in [2.45, 2.75) is 6.92 Å². The van der Waals surface area contributed by atoms with Gasteiger partial charge < -0.3 is 5.32 Å². The minimum atomic E-state index is -0.413. The normalized spacial score (nSPS) is 11.0. The topological polar surface area (TPSA) is 72.2 Å². The minimum Gasteiger partial charge on any atom is -0.326 e. The van der Waals surface area contributed by atoms with Gasteiger partial charge in [0.15, 0.2) is 0 Å². The molecule has 0 unspecified atom stereocenters. The third-order valence-electron chi connectivity index (χ3n) is 3.00. The van der Waals surface area contributed by atoms with Crippen molar-refractivity contribution in [3.63, 3.8) is 0 Å². The van der Waals surface area contributed by atoms with Gasteiger partial charge in [-0.15, -0.1) is 0 Å². The first kappa shape index (κ1) is 16.2. The molecule has 0 aliphatic carbocycles. The molecular weight excluding hydrogens is 292 g/mol. The number of carbonyl (C=O) groups excluding carboxylic acids is 1. The van der Waals surface area contributed by atoms with Crippen LogP contribution in [0.5, 0.6) is 0 Å². The van der Waals surface area contributed by atoms with E-state index in [2.05, 4.69) is 5.32 Å². The second kappa shape index (κ2) is 7.70. The first-order valence-electron chi connectivity index (χ1n) is 7.01. The molecule has 1 amide bonds. The van der Waals surface area contributed by atoms with Gasteiger partial charge in [0.05, 0.1) is 4.92 Å². The summed E-state index contributed by atoms with van der Waals surface area (Å²) in [5.74, 6) is -0.104. The van der Waals surface area contributed by atoms with E-state index in [9.17, 15) is 14.9 Å². The summed E-state index contributed by atoms with van der Waals surface area (Å²) in [5.41, 5.74) is 2.58. The van der Waals surface area contributed by atoms with Crippen LogP contribution in [0.3, 0.4) is 0 Å². The summed E-state index contributed by atoms with van der Waals surface area (Å²) in [4.78, 5) is 21.2. The molecule has 23 heavy (non-hydrogen) atoms.